The normalized spacial score (nSPS) is 17.4. The molecule has 12 heteroatoms. The summed E-state index contributed by atoms with van der Waals surface area (Å²) in [5.41, 5.74) is 2.96. The van der Waals surface area contributed by atoms with Gasteiger partial charge in [-0.25, -0.2) is 13.1 Å². The van der Waals surface area contributed by atoms with E-state index in [1.54, 1.807) is 47.4 Å². The molecule has 0 radical (unpaired) electrons. The number of ether oxygens (including phenoxy) is 4. The van der Waals surface area contributed by atoms with Crippen LogP contribution >= 0.6 is 0 Å². The molecular formula is C31H32N4O7S. The molecule has 1 N–H and O–H groups in total. The highest BCUT2D eigenvalue weighted by Gasteiger charge is 2.40. The van der Waals surface area contributed by atoms with E-state index in [4.69, 9.17) is 18.9 Å². The van der Waals surface area contributed by atoms with Crippen molar-refractivity contribution in [3.05, 3.63) is 89.7 Å². The van der Waals surface area contributed by atoms with Gasteiger partial charge in [-0.2, -0.15) is 9.40 Å². The van der Waals surface area contributed by atoms with E-state index >= 15 is 0 Å². The van der Waals surface area contributed by atoms with Gasteiger partial charge in [-0.15, -0.1) is 0 Å². The molecule has 3 aromatic carbocycles. The van der Waals surface area contributed by atoms with Crippen LogP contribution in [0.15, 0.2) is 78.0 Å². The molecule has 4 aromatic rings. The summed E-state index contributed by atoms with van der Waals surface area (Å²) in [5, 5.41) is 7.10. The first-order valence-corrected chi connectivity index (χ1v) is 15.4. The number of sulfonamides is 1. The Kier molecular flexibility index (Phi) is 7.96. The lowest BCUT2D eigenvalue weighted by Gasteiger charge is -2.37. The van der Waals surface area contributed by atoms with Crippen LogP contribution in [0.3, 0.4) is 0 Å². The van der Waals surface area contributed by atoms with Gasteiger partial charge < -0.3 is 24.3 Å². The summed E-state index contributed by atoms with van der Waals surface area (Å²) in [7, 11) is -1.16. The lowest BCUT2D eigenvalue weighted by molar-refractivity contribution is -0.123. The zero-order valence-electron chi connectivity index (χ0n) is 23.9. The third-order valence-electron chi connectivity index (χ3n) is 7.56. The first-order valence-electron chi connectivity index (χ1n) is 13.9. The number of nitrogens with zero attached hydrogens (tertiary/aromatic N) is 3. The van der Waals surface area contributed by atoms with Gasteiger partial charge in [0.25, 0.3) is 5.91 Å². The standard InChI is InChI=1S/C31H32N4O7S/c1-39-26-9-8-23(34-13-4-12-33-34)18-29(26)43(37,38)35-14-10-21-17-28-27(40-2)19-25(21)31(35)22-6-3-7-24(16-22)41-15-5-11-32-30(36)20-42-28/h3-4,6-9,12-13,16-19,31H,5,10-11,14-15,20H2,1-2H3,(H,32,36). The summed E-state index contributed by atoms with van der Waals surface area (Å²) in [6.45, 7) is 0.816. The number of hydrogen-bond donors (Lipinski definition) is 1. The minimum atomic E-state index is -4.13. The summed E-state index contributed by atoms with van der Waals surface area (Å²) in [6, 6.07) is 17.1. The Morgan fingerprint density at radius 1 is 1.00 bits per heavy atom. The molecule has 0 saturated heterocycles. The monoisotopic (exact) mass is 604 g/mol. The van der Waals surface area contributed by atoms with Crippen molar-refractivity contribution in [1.82, 2.24) is 19.4 Å². The van der Waals surface area contributed by atoms with Crippen molar-refractivity contribution >= 4 is 15.9 Å². The second-order valence-corrected chi connectivity index (χ2v) is 12.0. The number of carbonyl (C=O) groups is 1. The molecule has 0 saturated carbocycles. The van der Waals surface area contributed by atoms with Gasteiger partial charge in [0.1, 0.15) is 16.4 Å². The molecule has 3 aliphatic rings. The summed E-state index contributed by atoms with van der Waals surface area (Å²) in [4.78, 5) is 12.4. The molecule has 43 heavy (non-hydrogen) atoms. The van der Waals surface area contributed by atoms with E-state index in [1.165, 1.54) is 18.5 Å². The average Bonchev–Trinajstić information content (AvgIpc) is 3.57. The van der Waals surface area contributed by atoms with Gasteiger partial charge in [0.15, 0.2) is 18.1 Å². The summed E-state index contributed by atoms with van der Waals surface area (Å²) < 4.78 is 55.4. The molecule has 4 heterocycles. The first-order chi connectivity index (χ1) is 20.9. The molecule has 0 spiro atoms. The number of carbonyl (C=O) groups excluding carboxylic acids is 1. The van der Waals surface area contributed by atoms with Gasteiger partial charge in [0, 0.05) is 25.5 Å². The molecule has 0 aliphatic carbocycles. The van der Waals surface area contributed by atoms with Crippen LogP contribution in [-0.4, -0.2) is 68.9 Å². The molecular weight excluding hydrogens is 572 g/mol. The maximum atomic E-state index is 14.6. The first kappa shape index (κ1) is 28.6. The van der Waals surface area contributed by atoms with E-state index in [0.717, 1.165) is 16.7 Å². The van der Waals surface area contributed by atoms with Crippen molar-refractivity contribution in [2.24, 2.45) is 0 Å². The van der Waals surface area contributed by atoms with Crippen molar-refractivity contribution in [3.63, 3.8) is 0 Å². The Morgan fingerprint density at radius 2 is 1.86 bits per heavy atom. The quantitative estimate of drug-likeness (QED) is 0.368. The van der Waals surface area contributed by atoms with E-state index < -0.39 is 16.1 Å². The van der Waals surface area contributed by atoms with Crippen LogP contribution in [0.5, 0.6) is 23.0 Å². The third kappa shape index (κ3) is 5.63. The summed E-state index contributed by atoms with van der Waals surface area (Å²) >= 11 is 0. The Labute approximate surface area is 250 Å². The number of amides is 1. The van der Waals surface area contributed by atoms with E-state index in [0.29, 0.717) is 48.9 Å². The predicted octanol–water partition coefficient (Wildman–Crippen LogP) is 3.50. The van der Waals surface area contributed by atoms with E-state index in [9.17, 15) is 13.2 Å². The summed E-state index contributed by atoms with van der Waals surface area (Å²) in [5.74, 6) is 1.39. The second kappa shape index (κ2) is 12.0. The number of hydrogen-bond acceptors (Lipinski definition) is 8. The van der Waals surface area contributed by atoms with Crippen LogP contribution in [0.1, 0.15) is 29.2 Å². The lowest BCUT2D eigenvalue weighted by atomic mass is 9.89. The number of methoxy groups -OCH3 is 2. The lowest BCUT2D eigenvalue weighted by Crippen LogP contribution is -2.40. The smallest absolute Gasteiger partial charge is 0.257 e. The fourth-order valence-electron chi connectivity index (χ4n) is 5.50. The molecule has 224 valence electrons. The van der Waals surface area contributed by atoms with Crippen molar-refractivity contribution in [2.45, 2.75) is 23.8 Å². The molecule has 3 aliphatic heterocycles. The van der Waals surface area contributed by atoms with Gasteiger partial charge in [0.05, 0.1) is 32.6 Å². The van der Waals surface area contributed by atoms with Gasteiger partial charge >= 0.3 is 0 Å². The minimum absolute atomic E-state index is 0.0314. The van der Waals surface area contributed by atoms with Crippen molar-refractivity contribution < 1.29 is 32.2 Å². The number of nitrogens with one attached hydrogen (secondary N) is 1. The van der Waals surface area contributed by atoms with Crippen LogP contribution in [0.4, 0.5) is 0 Å². The molecule has 0 fully saturated rings. The van der Waals surface area contributed by atoms with Gasteiger partial charge in [-0.05, 0) is 78.1 Å². The number of fused-ring (bicyclic) bond motifs is 8. The van der Waals surface area contributed by atoms with E-state index in [2.05, 4.69) is 10.4 Å². The third-order valence-corrected chi connectivity index (χ3v) is 9.44. The number of rotatable bonds is 5. The van der Waals surface area contributed by atoms with E-state index in [1.807, 2.05) is 30.3 Å². The highest BCUT2D eigenvalue weighted by atomic mass is 32.2. The largest absolute Gasteiger partial charge is 0.495 e. The second-order valence-electron chi connectivity index (χ2n) is 10.2. The fraction of sp³-hybridized carbons (Fsp3) is 0.290. The molecule has 7 rings (SSSR count). The molecule has 11 nitrogen and oxygen atoms in total. The minimum Gasteiger partial charge on any atom is -0.495 e. The maximum absolute atomic E-state index is 14.6. The van der Waals surface area contributed by atoms with Crippen molar-refractivity contribution in [1.29, 1.82) is 0 Å². The van der Waals surface area contributed by atoms with Gasteiger partial charge in [-0.1, -0.05) is 12.1 Å². The van der Waals surface area contributed by atoms with Crippen LogP contribution in [0.25, 0.3) is 5.69 Å². The molecule has 1 atom stereocenters. The molecule has 6 bridgehead atoms. The highest BCUT2D eigenvalue weighted by molar-refractivity contribution is 7.89. The topological polar surface area (TPSA) is 121 Å². The van der Waals surface area contributed by atoms with Gasteiger partial charge in [-0.3, -0.25) is 4.79 Å². The Balaban J connectivity index is 1.51. The highest BCUT2D eigenvalue weighted by Crippen LogP contribution is 2.45. The zero-order chi connectivity index (χ0) is 30.0. The maximum Gasteiger partial charge on any atom is 0.257 e. The average molecular weight is 605 g/mol. The predicted molar refractivity (Wildman–Crippen MR) is 158 cm³/mol. The van der Waals surface area contributed by atoms with E-state index in [-0.39, 0.29) is 29.7 Å². The zero-order valence-corrected chi connectivity index (χ0v) is 24.7. The molecule has 1 amide bonds. The Bertz CT molecular complexity index is 1740. The van der Waals surface area contributed by atoms with Crippen LogP contribution in [-0.2, 0) is 21.2 Å². The Morgan fingerprint density at radius 3 is 2.65 bits per heavy atom. The fourth-order valence-corrected chi connectivity index (χ4v) is 7.27. The van der Waals surface area contributed by atoms with Gasteiger partial charge in [0.2, 0.25) is 10.0 Å². The molecule has 1 aromatic heterocycles. The summed E-state index contributed by atoms with van der Waals surface area (Å²) in [6.07, 6.45) is 4.38. The van der Waals surface area contributed by atoms with Crippen molar-refractivity contribution in [3.8, 4) is 28.7 Å². The Hall–Kier alpha value is -4.55. The number of aromatic nitrogens is 2. The van der Waals surface area contributed by atoms with Crippen LogP contribution in [0.2, 0.25) is 0 Å². The SMILES string of the molecule is COc1cc2c3cc1OCC(=O)NCCCOc1cccc(c1)C2N(S(=O)(=O)c1cc(-n2cccn2)ccc1OC)CC3. The van der Waals surface area contributed by atoms with Crippen LogP contribution < -0.4 is 24.3 Å². The molecule has 1 unspecified atom stereocenters. The van der Waals surface area contributed by atoms with Crippen molar-refractivity contribution in [2.75, 3.05) is 40.5 Å². The van der Waals surface area contributed by atoms with Crippen LogP contribution in [0, 0.1) is 0 Å². The number of benzene rings is 3.